The van der Waals surface area contributed by atoms with Gasteiger partial charge >= 0.3 is 0 Å². The summed E-state index contributed by atoms with van der Waals surface area (Å²) in [7, 11) is 1.55. The second-order valence-corrected chi connectivity index (χ2v) is 6.81. The van der Waals surface area contributed by atoms with Gasteiger partial charge in [-0.1, -0.05) is 23.2 Å². The van der Waals surface area contributed by atoms with E-state index in [1.807, 2.05) is 0 Å². The molecule has 2 aromatic carbocycles. The lowest BCUT2D eigenvalue weighted by Gasteiger charge is -2.28. The Morgan fingerprint density at radius 2 is 1.96 bits per heavy atom. The highest BCUT2D eigenvalue weighted by Gasteiger charge is 2.23. The Morgan fingerprint density at radius 1 is 1.15 bits per heavy atom. The normalized spacial score (nSPS) is 14.3. The number of piperidine rings is 1. The number of benzene rings is 2. The van der Waals surface area contributed by atoms with E-state index < -0.39 is 0 Å². The van der Waals surface area contributed by atoms with E-state index in [9.17, 15) is 9.59 Å². The maximum atomic E-state index is 12.5. The molecule has 1 fully saturated rings. The number of carbonyl (C=O) groups is 2. The van der Waals surface area contributed by atoms with Gasteiger partial charge in [0.25, 0.3) is 5.91 Å². The standard InChI is InChI=1S/C19H18Cl2N2O3/c1-26-17-8-6-13(11-16(17)23-9-3-2-4-18(23)24)22-19(25)14-10-12(20)5-7-15(14)21/h5-8,10-11H,2-4,9H2,1H3,(H,22,25). The predicted octanol–water partition coefficient (Wildman–Crippen LogP) is 4.77. The Kier molecular flexibility index (Phi) is 5.69. The average Bonchev–Trinajstić information content (AvgIpc) is 2.64. The van der Waals surface area contributed by atoms with Crippen LogP contribution in [0.5, 0.6) is 5.75 Å². The maximum Gasteiger partial charge on any atom is 0.257 e. The van der Waals surface area contributed by atoms with Crippen LogP contribution in [0.1, 0.15) is 29.6 Å². The third kappa shape index (κ3) is 3.94. The van der Waals surface area contributed by atoms with E-state index in [1.165, 1.54) is 6.07 Å². The Balaban J connectivity index is 1.89. The van der Waals surface area contributed by atoms with Crippen LogP contribution in [-0.2, 0) is 4.79 Å². The molecular weight excluding hydrogens is 375 g/mol. The second-order valence-electron chi connectivity index (χ2n) is 5.97. The molecule has 0 spiro atoms. The van der Waals surface area contributed by atoms with Crippen LogP contribution in [0.4, 0.5) is 11.4 Å². The Bertz CT molecular complexity index is 855. The lowest BCUT2D eigenvalue weighted by atomic mass is 10.1. The van der Waals surface area contributed by atoms with Crippen LogP contribution in [0.15, 0.2) is 36.4 Å². The van der Waals surface area contributed by atoms with Crippen LogP contribution < -0.4 is 15.0 Å². The first kappa shape index (κ1) is 18.5. The minimum absolute atomic E-state index is 0.0518. The molecule has 0 bridgehead atoms. The van der Waals surface area contributed by atoms with E-state index in [0.29, 0.717) is 40.1 Å². The Morgan fingerprint density at radius 3 is 2.69 bits per heavy atom. The van der Waals surface area contributed by atoms with E-state index in [1.54, 1.807) is 42.3 Å². The molecule has 2 aromatic rings. The molecule has 26 heavy (non-hydrogen) atoms. The smallest absolute Gasteiger partial charge is 0.257 e. The summed E-state index contributed by atoms with van der Waals surface area (Å²) in [6.45, 7) is 0.632. The summed E-state index contributed by atoms with van der Waals surface area (Å²) in [6, 6.07) is 9.88. The van der Waals surface area contributed by atoms with Crippen LogP contribution in [0, 0.1) is 0 Å². The van der Waals surface area contributed by atoms with Gasteiger partial charge in [0.15, 0.2) is 0 Å². The summed E-state index contributed by atoms with van der Waals surface area (Å²) in [5.41, 5.74) is 1.47. The van der Waals surface area contributed by atoms with Crippen molar-refractivity contribution in [2.24, 2.45) is 0 Å². The topological polar surface area (TPSA) is 58.6 Å². The first-order chi connectivity index (χ1) is 12.5. The van der Waals surface area contributed by atoms with Gasteiger partial charge in [0.2, 0.25) is 5.91 Å². The van der Waals surface area contributed by atoms with Gasteiger partial charge in [-0.3, -0.25) is 9.59 Å². The highest BCUT2D eigenvalue weighted by atomic mass is 35.5. The SMILES string of the molecule is COc1ccc(NC(=O)c2cc(Cl)ccc2Cl)cc1N1CCCCC1=O. The summed E-state index contributed by atoms with van der Waals surface area (Å²) < 4.78 is 5.38. The number of carbonyl (C=O) groups excluding carboxylic acids is 2. The molecule has 1 aliphatic heterocycles. The Labute approximate surface area is 161 Å². The van der Waals surface area contributed by atoms with Crippen molar-refractivity contribution in [3.05, 3.63) is 52.0 Å². The first-order valence-electron chi connectivity index (χ1n) is 8.24. The number of halogens is 2. The first-order valence-corrected chi connectivity index (χ1v) is 9.00. The summed E-state index contributed by atoms with van der Waals surface area (Å²) in [5, 5.41) is 3.53. The van der Waals surface area contributed by atoms with Crippen molar-refractivity contribution in [2.45, 2.75) is 19.3 Å². The van der Waals surface area contributed by atoms with Crippen molar-refractivity contribution < 1.29 is 14.3 Å². The van der Waals surface area contributed by atoms with Gasteiger partial charge in [-0.15, -0.1) is 0 Å². The molecule has 1 aliphatic rings. The Hall–Kier alpha value is -2.24. The van der Waals surface area contributed by atoms with Gasteiger partial charge in [0.05, 0.1) is 23.4 Å². The van der Waals surface area contributed by atoms with Crippen LogP contribution >= 0.6 is 23.2 Å². The van der Waals surface area contributed by atoms with Gasteiger partial charge in [-0.05, 0) is 49.2 Å². The number of ether oxygens (including phenoxy) is 1. The molecule has 136 valence electrons. The number of hydrogen-bond donors (Lipinski definition) is 1. The van der Waals surface area contributed by atoms with E-state index in [4.69, 9.17) is 27.9 Å². The minimum atomic E-state index is -0.376. The van der Waals surface area contributed by atoms with Gasteiger partial charge in [0, 0.05) is 23.7 Å². The molecule has 7 heteroatoms. The predicted molar refractivity (Wildman–Crippen MR) is 104 cm³/mol. The van der Waals surface area contributed by atoms with Crippen molar-refractivity contribution in [1.29, 1.82) is 0 Å². The molecular formula is C19H18Cl2N2O3. The molecule has 3 rings (SSSR count). The summed E-state index contributed by atoms with van der Waals surface area (Å²) >= 11 is 12.0. The molecule has 0 saturated carbocycles. The third-order valence-electron chi connectivity index (χ3n) is 4.22. The van der Waals surface area contributed by atoms with E-state index >= 15 is 0 Å². The molecule has 1 saturated heterocycles. The van der Waals surface area contributed by atoms with Crippen LogP contribution in [0.2, 0.25) is 10.0 Å². The van der Waals surface area contributed by atoms with Crippen LogP contribution in [0.3, 0.4) is 0 Å². The molecule has 1 N–H and O–H groups in total. The molecule has 5 nitrogen and oxygen atoms in total. The molecule has 0 aromatic heterocycles. The van der Waals surface area contributed by atoms with Crippen molar-refractivity contribution in [3.8, 4) is 5.75 Å². The van der Waals surface area contributed by atoms with Gasteiger partial charge in [0.1, 0.15) is 5.75 Å². The van der Waals surface area contributed by atoms with E-state index in [-0.39, 0.29) is 17.4 Å². The number of rotatable bonds is 4. The average molecular weight is 393 g/mol. The number of nitrogens with zero attached hydrogens (tertiary/aromatic N) is 1. The third-order valence-corrected chi connectivity index (χ3v) is 4.79. The van der Waals surface area contributed by atoms with Gasteiger partial charge in [-0.2, -0.15) is 0 Å². The summed E-state index contributed by atoms with van der Waals surface area (Å²) in [6.07, 6.45) is 2.34. The van der Waals surface area contributed by atoms with Crippen molar-refractivity contribution >= 4 is 46.4 Å². The minimum Gasteiger partial charge on any atom is -0.495 e. The lowest BCUT2D eigenvalue weighted by molar-refractivity contribution is -0.119. The van der Waals surface area contributed by atoms with Crippen LogP contribution in [0.25, 0.3) is 0 Å². The summed E-state index contributed by atoms with van der Waals surface area (Å²) in [5.74, 6) is 0.258. The number of nitrogens with one attached hydrogen (secondary N) is 1. The molecule has 0 unspecified atom stereocenters. The zero-order chi connectivity index (χ0) is 18.7. The zero-order valence-corrected chi connectivity index (χ0v) is 15.7. The van der Waals surface area contributed by atoms with Crippen LogP contribution in [-0.4, -0.2) is 25.5 Å². The van der Waals surface area contributed by atoms with E-state index in [2.05, 4.69) is 5.32 Å². The zero-order valence-electron chi connectivity index (χ0n) is 14.2. The molecule has 0 aliphatic carbocycles. The maximum absolute atomic E-state index is 12.5. The number of methoxy groups -OCH3 is 1. The van der Waals surface area contributed by atoms with Crippen molar-refractivity contribution in [1.82, 2.24) is 0 Å². The summed E-state index contributed by atoms with van der Waals surface area (Å²) in [4.78, 5) is 26.5. The van der Waals surface area contributed by atoms with Gasteiger partial charge in [-0.25, -0.2) is 0 Å². The number of hydrogen-bond acceptors (Lipinski definition) is 3. The molecule has 0 atom stereocenters. The number of amides is 2. The lowest BCUT2D eigenvalue weighted by Crippen LogP contribution is -2.35. The fourth-order valence-corrected chi connectivity index (χ4v) is 3.28. The molecule has 1 heterocycles. The highest BCUT2D eigenvalue weighted by Crippen LogP contribution is 2.34. The monoisotopic (exact) mass is 392 g/mol. The second kappa shape index (κ2) is 7.98. The largest absolute Gasteiger partial charge is 0.495 e. The van der Waals surface area contributed by atoms with E-state index in [0.717, 1.165) is 12.8 Å². The quantitative estimate of drug-likeness (QED) is 0.814. The molecule has 0 radical (unpaired) electrons. The highest BCUT2D eigenvalue weighted by molar-refractivity contribution is 6.36. The fraction of sp³-hybridized carbons (Fsp3) is 0.263. The number of anilines is 2. The van der Waals surface area contributed by atoms with Crippen molar-refractivity contribution in [2.75, 3.05) is 23.9 Å². The molecule has 2 amide bonds. The van der Waals surface area contributed by atoms with Crippen molar-refractivity contribution in [3.63, 3.8) is 0 Å². The van der Waals surface area contributed by atoms with Gasteiger partial charge < -0.3 is 15.0 Å². The fourth-order valence-electron chi connectivity index (χ4n) is 2.91.